The second-order valence-electron chi connectivity index (χ2n) is 5.76. The molecule has 1 heterocycles. The summed E-state index contributed by atoms with van der Waals surface area (Å²) in [5.74, 6) is 0.250. The van der Waals surface area contributed by atoms with Gasteiger partial charge in [-0.1, -0.05) is 36.4 Å². The van der Waals surface area contributed by atoms with Crippen LogP contribution < -0.4 is 9.47 Å². The zero-order chi connectivity index (χ0) is 18.2. The molecule has 1 N–H and O–H groups in total. The molecule has 0 saturated carbocycles. The van der Waals surface area contributed by atoms with Crippen LogP contribution in [0, 0.1) is 0 Å². The lowest BCUT2D eigenvalue weighted by Crippen LogP contribution is -2.13. The minimum atomic E-state index is -0.800. The Bertz CT molecular complexity index is 798. The van der Waals surface area contributed by atoms with Gasteiger partial charge < -0.3 is 14.6 Å². The number of thiophene rings is 1. The second kappa shape index (κ2) is 9.06. The highest BCUT2D eigenvalue weighted by Crippen LogP contribution is 2.26. The van der Waals surface area contributed by atoms with E-state index < -0.39 is 11.9 Å². The lowest BCUT2D eigenvalue weighted by atomic mass is 9.98. The number of carbonyl (C=O) groups is 1. The first-order chi connectivity index (χ1) is 12.7. The predicted molar refractivity (Wildman–Crippen MR) is 102 cm³/mol. The minimum Gasteiger partial charge on any atom is -0.490 e. The highest BCUT2D eigenvalue weighted by Gasteiger charge is 2.21. The Morgan fingerprint density at radius 2 is 1.54 bits per heavy atom. The lowest BCUT2D eigenvalue weighted by molar-refractivity contribution is -0.138. The van der Waals surface area contributed by atoms with Crippen LogP contribution in [0.1, 0.15) is 16.4 Å². The summed E-state index contributed by atoms with van der Waals surface area (Å²) in [6, 6.07) is 20.9. The van der Waals surface area contributed by atoms with Gasteiger partial charge in [0.15, 0.2) is 0 Å². The van der Waals surface area contributed by atoms with Crippen LogP contribution >= 0.6 is 11.3 Å². The number of carboxylic acids is 1. The SMILES string of the molecule is O=C(O)C(Cc1ccc(OCCOc2ccccc2)cc1)c1cccs1. The number of benzene rings is 2. The lowest BCUT2D eigenvalue weighted by Gasteiger charge is -2.12. The van der Waals surface area contributed by atoms with Crippen LogP contribution in [-0.4, -0.2) is 24.3 Å². The third kappa shape index (κ3) is 5.10. The van der Waals surface area contributed by atoms with E-state index in [1.165, 1.54) is 11.3 Å². The molecule has 26 heavy (non-hydrogen) atoms. The van der Waals surface area contributed by atoms with E-state index in [0.29, 0.717) is 19.6 Å². The number of carboxylic acid groups (broad SMARTS) is 1. The molecular weight excluding hydrogens is 348 g/mol. The van der Waals surface area contributed by atoms with Gasteiger partial charge in [0.2, 0.25) is 0 Å². The van der Waals surface area contributed by atoms with Crippen molar-refractivity contribution in [3.63, 3.8) is 0 Å². The Morgan fingerprint density at radius 1 is 0.885 bits per heavy atom. The Kier molecular flexibility index (Phi) is 6.28. The summed E-state index contributed by atoms with van der Waals surface area (Å²) in [5.41, 5.74) is 0.971. The predicted octanol–water partition coefficient (Wildman–Crippen LogP) is 4.62. The molecule has 3 rings (SSSR count). The fraction of sp³-hybridized carbons (Fsp3) is 0.190. The molecule has 1 aromatic heterocycles. The summed E-state index contributed by atoms with van der Waals surface area (Å²) in [6.45, 7) is 0.909. The average molecular weight is 368 g/mol. The van der Waals surface area contributed by atoms with Gasteiger partial charge in [-0.3, -0.25) is 4.79 Å². The molecule has 0 aliphatic rings. The van der Waals surface area contributed by atoms with Crippen LogP contribution in [0.2, 0.25) is 0 Å². The second-order valence-corrected chi connectivity index (χ2v) is 6.74. The van der Waals surface area contributed by atoms with E-state index in [4.69, 9.17) is 9.47 Å². The molecule has 1 atom stereocenters. The average Bonchev–Trinajstić information content (AvgIpc) is 3.19. The van der Waals surface area contributed by atoms with Crippen molar-refractivity contribution in [2.45, 2.75) is 12.3 Å². The van der Waals surface area contributed by atoms with Gasteiger partial charge in [0, 0.05) is 4.88 Å². The smallest absolute Gasteiger partial charge is 0.312 e. The Hall–Kier alpha value is -2.79. The zero-order valence-electron chi connectivity index (χ0n) is 14.2. The molecule has 1 unspecified atom stereocenters. The van der Waals surface area contributed by atoms with E-state index in [1.54, 1.807) is 0 Å². The van der Waals surface area contributed by atoms with Gasteiger partial charge in [0.25, 0.3) is 0 Å². The van der Waals surface area contributed by atoms with Gasteiger partial charge in [0.1, 0.15) is 24.7 Å². The Balaban J connectivity index is 1.49. The largest absolute Gasteiger partial charge is 0.490 e. The number of aliphatic carboxylic acids is 1. The normalized spacial score (nSPS) is 11.7. The number of hydrogen-bond acceptors (Lipinski definition) is 4. The highest BCUT2D eigenvalue weighted by atomic mass is 32.1. The van der Waals surface area contributed by atoms with Crippen LogP contribution in [0.4, 0.5) is 0 Å². The first kappa shape index (κ1) is 18.0. The zero-order valence-corrected chi connectivity index (χ0v) is 15.0. The van der Waals surface area contributed by atoms with Crippen molar-refractivity contribution in [2.24, 2.45) is 0 Å². The van der Waals surface area contributed by atoms with Gasteiger partial charge in [-0.05, 0) is 47.7 Å². The number of rotatable bonds is 9. The summed E-state index contributed by atoms with van der Waals surface area (Å²) in [4.78, 5) is 12.4. The van der Waals surface area contributed by atoms with Crippen molar-refractivity contribution >= 4 is 17.3 Å². The fourth-order valence-electron chi connectivity index (χ4n) is 2.59. The maximum atomic E-state index is 11.5. The van der Waals surface area contributed by atoms with Crippen molar-refractivity contribution in [1.29, 1.82) is 0 Å². The van der Waals surface area contributed by atoms with Crippen LogP contribution in [0.3, 0.4) is 0 Å². The quantitative estimate of drug-likeness (QED) is 0.560. The Labute approximate surface area is 156 Å². The molecule has 3 aromatic rings. The molecule has 5 heteroatoms. The third-order valence-electron chi connectivity index (χ3n) is 3.91. The molecule has 0 aliphatic heterocycles. The molecule has 0 spiro atoms. The summed E-state index contributed by atoms with van der Waals surface area (Å²) < 4.78 is 11.3. The molecule has 0 aliphatic carbocycles. The highest BCUT2D eigenvalue weighted by molar-refractivity contribution is 7.10. The van der Waals surface area contributed by atoms with Crippen LogP contribution in [0.15, 0.2) is 72.1 Å². The molecule has 134 valence electrons. The molecule has 4 nitrogen and oxygen atoms in total. The van der Waals surface area contributed by atoms with Crippen molar-refractivity contribution in [2.75, 3.05) is 13.2 Å². The Morgan fingerprint density at radius 3 is 2.12 bits per heavy atom. The maximum Gasteiger partial charge on any atom is 0.312 e. The molecule has 0 bridgehead atoms. The van der Waals surface area contributed by atoms with E-state index in [-0.39, 0.29) is 0 Å². The molecule has 0 fully saturated rings. The third-order valence-corrected chi connectivity index (χ3v) is 4.90. The summed E-state index contributed by atoms with van der Waals surface area (Å²) in [5, 5.41) is 11.4. The molecule has 0 amide bonds. The topological polar surface area (TPSA) is 55.8 Å². The van der Waals surface area contributed by atoms with Gasteiger partial charge in [-0.2, -0.15) is 0 Å². The van der Waals surface area contributed by atoms with Crippen molar-refractivity contribution in [3.8, 4) is 11.5 Å². The molecule has 0 radical (unpaired) electrons. The van der Waals surface area contributed by atoms with Crippen molar-refractivity contribution in [3.05, 3.63) is 82.6 Å². The van der Waals surface area contributed by atoms with Crippen LogP contribution in [0.25, 0.3) is 0 Å². The monoisotopic (exact) mass is 368 g/mol. The van der Waals surface area contributed by atoms with E-state index in [1.807, 2.05) is 72.1 Å². The number of para-hydroxylation sites is 1. The van der Waals surface area contributed by atoms with Crippen molar-refractivity contribution < 1.29 is 19.4 Å². The molecule has 2 aromatic carbocycles. The van der Waals surface area contributed by atoms with Gasteiger partial charge in [-0.25, -0.2) is 0 Å². The maximum absolute atomic E-state index is 11.5. The summed E-state index contributed by atoms with van der Waals surface area (Å²) >= 11 is 1.47. The van der Waals surface area contributed by atoms with Crippen LogP contribution in [-0.2, 0) is 11.2 Å². The standard InChI is InChI=1S/C21H20O4S/c22-21(23)19(20-7-4-14-26-20)15-16-8-10-18(11-9-16)25-13-12-24-17-5-2-1-3-6-17/h1-11,14,19H,12-13,15H2,(H,22,23). The fourth-order valence-corrected chi connectivity index (χ4v) is 3.41. The van der Waals surface area contributed by atoms with Crippen LogP contribution in [0.5, 0.6) is 11.5 Å². The van der Waals surface area contributed by atoms with E-state index in [0.717, 1.165) is 21.9 Å². The first-order valence-electron chi connectivity index (χ1n) is 8.38. The number of ether oxygens (including phenoxy) is 2. The van der Waals surface area contributed by atoms with Gasteiger partial charge >= 0.3 is 5.97 Å². The molecule has 0 saturated heterocycles. The molecular formula is C21H20O4S. The summed E-state index contributed by atoms with van der Waals surface area (Å²) in [6.07, 6.45) is 0.466. The van der Waals surface area contributed by atoms with Gasteiger partial charge in [0.05, 0.1) is 5.92 Å². The summed E-state index contributed by atoms with van der Waals surface area (Å²) in [7, 11) is 0. The van der Waals surface area contributed by atoms with Crippen molar-refractivity contribution in [1.82, 2.24) is 0 Å². The van der Waals surface area contributed by atoms with E-state index >= 15 is 0 Å². The number of hydrogen-bond donors (Lipinski definition) is 1. The minimum absolute atomic E-state index is 0.446. The van der Waals surface area contributed by atoms with E-state index in [9.17, 15) is 9.90 Å². The van der Waals surface area contributed by atoms with Gasteiger partial charge in [-0.15, -0.1) is 11.3 Å². The first-order valence-corrected chi connectivity index (χ1v) is 9.26. The van der Waals surface area contributed by atoms with E-state index in [2.05, 4.69) is 0 Å².